The average molecular weight is 443 g/mol. The highest BCUT2D eigenvalue weighted by Gasteiger charge is 2.31. The highest BCUT2D eigenvalue weighted by molar-refractivity contribution is 7.89. The number of benzene rings is 1. The number of hydrogen-bond acceptors (Lipinski definition) is 6. The molecule has 7 nitrogen and oxygen atoms in total. The van der Waals surface area contributed by atoms with Crippen molar-refractivity contribution in [2.45, 2.75) is 30.2 Å². The Morgan fingerprint density at radius 3 is 2.82 bits per heavy atom. The molecule has 1 aromatic heterocycles. The first-order valence-electron chi connectivity index (χ1n) is 8.90. The summed E-state index contributed by atoms with van der Waals surface area (Å²) in [6.07, 6.45) is 2.20. The fraction of sp³-hybridized carbons (Fsp3) is 0.389. The Morgan fingerprint density at radius 1 is 1.25 bits per heavy atom. The Hall–Kier alpha value is -1.81. The molecule has 2 aliphatic rings. The molecule has 4 rings (SSSR count). The van der Waals surface area contributed by atoms with Crippen molar-refractivity contribution in [2.75, 3.05) is 19.8 Å². The lowest BCUT2D eigenvalue weighted by Gasteiger charge is -2.20. The summed E-state index contributed by atoms with van der Waals surface area (Å²) in [5.41, 5.74) is 0.893. The van der Waals surface area contributed by atoms with Crippen molar-refractivity contribution in [3.05, 3.63) is 39.0 Å². The fourth-order valence-electron chi connectivity index (χ4n) is 2.87. The summed E-state index contributed by atoms with van der Waals surface area (Å²) < 4.78 is 38.5. The van der Waals surface area contributed by atoms with Gasteiger partial charge in [-0.25, -0.2) is 13.1 Å². The molecule has 2 N–H and O–H groups in total. The molecule has 2 aromatic rings. The first-order valence-corrected chi connectivity index (χ1v) is 11.6. The van der Waals surface area contributed by atoms with Gasteiger partial charge in [-0.05, 0) is 48.4 Å². The van der Waals surface area contributed by atoms with E-state index in [2.05, 4.69) is 10.0 Å². The van der Waals surface area contributed by atoms with Crippen LogP contribution in [0.1, 0.15) is 28.1 Å². The second kappa shape index (κ2) is 7.90. The van der Waals surface area contributed by atoms with Crippen LogP contribution in [0.15, 0.2) is 28.5 Å². The van der Waals surface area contributed by atoms with Crippen LogP contribution in [0.2, 0.25) is 5.02 Å². The molecule has 1 fully saturated rings. The summed E-state index contributed by atoms with van der Waals surface area (Å²) in [5.74, 6) is 0.727. The minimum Gasteiger partial charge on any atom is -0.486 e. The summed E-state index contributed by atoms with van der Waals surface area (Å²) in [5, 5.41) is 4.86. The number of hydrogen-bond donors (Lipinski definition) is 2. The zero-order chi connectivity index (χ0) is 19.7. The van der Waals surface area contributed by atoms with E-state index in [4.69, 9.17) is 21.1 Å². The van der Waals surface area contributed by atoms with Crippen LogP contribution >= 0.6 is 22.9 Å². The molecule has 1 aromatic carbocycles. The van der Waals surface area contributed by atoms with Crippen molar-refractivity contribution >= 4 is 38.9 Å². The highest BCUT2D eigenvalue weighted by Crippen LogP contribution is 2.38. The lowest BCUT2D eigenvalue weighted by atomic mass is 10.1. The zero-order valence-electron chi connectivity index (χ0n) is 14.9. The van der Waals surface area contributed by atoms with Crippen LogP contribution in [0.25, 0.3) is 0 Å². The Morgan fingerprint density at radius 2 is 2.04 bits per heavy atom. The Balaban J connectivity index is 1.39. The molecular formula is C18H19ClN2O5S2. The van der Waals surface area contributed by atoms with Gasteiger partial charge in [0.15, 0.2) is 11.5 Å². The summed E-state index contributed by atoms with van der Waals surface area (Å²) in [6.45, 7) is 1.26. The van der Waals surface area contributed by atoms with Gasteiger partial charge in [0.25, 0.3) is 5.91 Å². The third kappa shape index (κ3) is 4.27. The maximum Gasteiger partial charge on any atom is 0.262 e. The van der Waals surface area contributed by atoms with Gasteiger partial charge in [0.05, 0.1) is 5.02 Å². The quantitative estimate of drug-likeness (QED) is 0.687. The van der Waals surface area contributed by atoms with E-state index in [1.165, 1.54) is 6.07 Å². The molecule has 1 aliphatic heterocycles. The third-order valence-electron chi connectivity index (χ3n) is 4.38. The predicted octanol–water partition coefficient (Wildman–Crippen LogP) is 2.59. The molecule has 0 atom stereocenters. The molecular weight excluding hydrogens is 424 g/mol. The van der Waals surface area contributed by atoms with Crippen molar-refractivity contribution < 1.29 is 22.7 Å². The predicted molar refractivity (Wildman–Crippen MR) is 106 cm³/mol. The summed E-state index contributed by atoms with van der Waals surface area (Å²) in [6, 6.07) is 5.07. The number of fused-ring (bicyclic) bond motifs is 1. The van der Waals surface area contributed by atoms with Crippen LogP contribution in [0, 0.1) is 0 Å². The maximum atomic E-state index is 12.5. The molecule has 2 heterocycles. The van der Waals surface area contributed by atoms with E-state index >= 15 is 0 Å². The van der Waals surface area contributed by atoms with Gasteiger partial charge in [0, 0.05) is 12.6 Å². The summed E-state index contributed by atoms with van der Waals surface area (Å²) in [7, 11) is -3.67. The molecule has 0 radical (unpaired) electrons. The lowest BCUT2D eigenvalue weighted by Crippen LogP contribution is -2.30. The average Bonchev–Trinajstić information content (AvgIpc) is 3.31. The second-order valence-corrected chi connectivity index (χ2v) is 9.62. The molecule has 28 heavy (non-hydrogen) atoms. The van der Waals surface area contributed by atoms with Crippen molar-refractivity contribution in [3.8, 4) is 11.5 Å². The Kier molecular flexibility index (Phi) is 5.50. The molecule has 1 saturated carbocycles. The normalized spacial score (nSPS) is 16.0. The van der Waals surface area contributed by atoms with Gasteiger partial charge in [-0.2, -0.15) is 0 Å². The number of carbonyl (C=O) groups excluding carboxylic acids is 1. The van der Waals surface area contributed by atoms with Gasteiger partial charge in [-0.3, -0.25) is 4.79 Å². The van der Waals surface area contributed by atoms with Crippen LogP contribution < -0.4 is 19.5 Å². The monoisotopic (exact) mass is 442 g/mol. The van der Waals surface area contributed by atoms with Crippen LogP contribution in [-0.2, 0) is 16.4 Å². The Labute approximate surface area is 172 Å². The van der Waals surface area contributed by atoms with Crippen molar-refractivity contribution in [1.82, 2.24) is 10.0 Å². The number of halogens is 1. The molecule has 0 unspecified atom stereocenters. The van der Waals surface area contributed by atoms with Crippen LogP contribution in [0.5, 0.6) is 11.5 Å². The van der Waals surface area contributed by atoms with Crippen molar-refractivity contribution in [3.63, 3.8) is 0 Å². The van der Waals surface area contributed by atoms with Crippen LogP contribution in [0.4, 0.5) is 0 Å². The van der Waals surface area contributed by atoms with E-state index in [1.807, 2.05) is 6.07 Å². The minimum absolute atomic E-state index is 0.0132. The first-order chi connectivity index (χ1) is 13.4. The number of nitrogens with one attached hydrogen (secondary N) is 2. The molecule has 1 amide bonds. The molecule has 0 spiro atoms. The zero-order valence-corrected chi connectivity index (χ0v) is 17.3. The highest BCUT2D eigenvalue weighted by atomic mass is 35.5. The van der Waals surface area contributed by atoms with E-state index < -0.39 is 15.9 Å². The maximum absolute atomic E-state index is 12.5. The lowest BCUT2D eigenvalue weighted by molar-refractivity contribution is 0.0955. The van der Waals surface area contributed by atoms with Gasteiger partial charge in [0.1, 0.15) is 23.0 Å². The Bertz CT molecular complexity index is 1000. The van der Waals surface area contributed by atoms with E-state index in [0.29, 0.717) is 42.7 Å². The van der Waals surface area contributed by atoms with Crippen LogP contribution in [-0.4, -0.2) is 40.1 Å². The standard InChI is InChI=1S/C18H19ClN2O5S2/c19-13-9-11(10-14-16(13)26-7-6-25-14)3-5-20-18(22)17-15(4-8-27-17)28(23,24)21-12-1-2-12/h4,8-10,12,21H,1-3,5-7H2,(H,20,22). The molecule has 10 heteroatoms. The van der Waals surface area contributed by atoms with E-state index in [1.54, 1.807) is 11.4 Å². The molecule has 0 saturated heterocycles. The van der Waals surface area contributed by atoms with Gasteiger partial charge in [-0.1, -0.05) is 11.6 Å². The number of rotatable bonds is 7. The van der Waals surface area contributed by atoms with Gasteiger partial charge in [0.2, 0.25) is 10.0 Å². The largest absolute Gasteiger partial charge is 0.486 e. The van der Waals surface area contributed by atoms with E-state index in [0.717, 1.165) is 29.7 Å². The second-order valence-electron chi connectivity index (χ2n) is 6.62. The number of amides is 1. The minimum atomic E-state index is -3.67. The first kappa shape index (κ1) is 19.5. The number of carbonyl (C=O) groups is 1. The molecule has 0 bridgehead atoms. The third-order valence-corrected chi connectivity index (χ3v) is 7.27. The molecule has 1 aliphatic carbocycles. The van der Waals surface area contributed by atoms with Crippen molar-refractivity contribution in [1.29, 1.82) is 0 Å². The van der Waals surface area contributed by atoms with Crippen molar-refractivity contribution in [2.24, 2.45) is 0 Å². The smallest absolute Gasteiger partial charge is 0.262 e. The van der Waals surface area contributed by atoms with Gasteiger partial charge < -0.3 is 14.8 Å². The van der Waals surface area contributed by atoms with Crippen LogP contribution in [0.3, 0.4) is 0 Å². The summed E-state index contributed by atoms with van der Waals surface area (Å²) in [4.78, 5) is 12.7. The summed E-state index contributed by atoms with van der Waals surface area (Å²) >= 11 is 7.33. The molecule has 150 valence electrons. The number of thiophene rings is 1. The van der Waals surface area contributed by atoms with Gasteiger partial charge >= 0.3 is 0 Å². The topological polar surface area (TPSA) is 93.7 Å². The van der Waals surface area contributed by atoms with E-state index in [9.17, 15) is 13.2 Å². The van der Waals surface area contributed by atoms with Gasteiger partial charge in [-0.15, -0.1) is 11.3 Å². The number of sulfonamides is 1. The van der Waals surface area contributed by atoms with E-state index in [-0.39, 0.29) is 15.8 Å². The number of ether oxygens (including phenoxy) is 2. The SMILES string of the molecule is O=C(NCCc1cc(Cl)c2c(c1)OCCO2)c1sccc1S(=O)(=O)NC1CC1. The fourth-order valence-corrected chi connectivity index (χ4v) is 5.80.